The van der Waals surface area contributed by atoms with Crippen LogP contribution >= 0.6 is 0 Å². The summed E-state index contributed by atoms with van der Waals surface area (Å²) in [5.41, 5.74) is 6.60. The summed E-state index contributed by atoms with van der Waals surface area (Å²) in [5.74, 6) is -0.356. The third kappa shape index (κ3) is 3.91. The Bertz CT molecular complexity index is 405. The van der Waals surface area contributed by atoms with Crippen LogP contribution in [0.25, 0.3) is 0 Å². The van der Waals surface area contributed by atoms with Gasteiger partial charge in [0.05, 0.1) is 12.3 Å². The lowest BCUT2D eigenvalue weighted by molar-refractivity contribution is 0.117. The molecule has 1 aliphatic rings. The minimum Gasteiger partial charge on any atom is -0.396 e. The normalized spacial score (nSPS) is 17.0. The molecular formula is C15H23FN2O. The van der Waals surface area contributed by atoms with Gasteiger partial charge in [0, 0.05) is 19.1 Å². The number of hydrogen-bond donors (Lipinski definition) is 2. The minimum absolute atomic E-state index is 0.147. The Labute approximate surface area is 114 Å². The maximum Gasteiger partial charge on any atom is 0.146 e. The van der Waals surface area contributed by atoms with Crippen molar-refractivity contribution < 1.29 is 9.50 Å². The number of nitrogens with zero attached hydrogens (tertiary/aromatic N) is 1. The molecule has 0 aliphatic heterocycles. The summed E-state index contributed by atoms with van der Waals surface area (Å²) >= 11 is 0. The van der Waals surface area contributed by atoms with E-state index >= 15 is 0 Å². The second-order valence-corrected chi connectivity index (χ2v) is 5.34. The predicted octanol–water partition coefficient (Wildman–Crippen LogP) is 2.53. The van der Waals surface area contributed by atoms with Crippen molar-refractivity contribution in [2.24, 2.45) is 0 Å². The summed E-state index contributed by atoms with van der Waals surface area (Å²) in [7, 11) is 0. The molecule has 0 radical (unpaired) electrons. The summed E-state index contributed by atoms with van der Waals surface area (Å²) in [4.78, 5) is 2.27. The molecule has 0 saturated heterocycles. The van der Waals surface area contributed by atoms with Crippen LogP contribution in [0.2, 0.25) is 0 Å². The molecule has 1 aromatic carbocycles. The van der Waals surface area contributed by atoms with E-state index in [1.807, 2.05) is 6.07 Å². The van der Waals surface area contributed by atoms with Crippen molar-refractivity contribution in [1.82, 2.24) is 4.90 Å². The maximum absolute atomic E-state index is 13.5. The first-order chi connectivity index (χ1) is 9.20. The molecule has 3 N–H and O–H groups in total. The van der Waals surface area contributed by atoms with Crippen LogP contribution < -0.4 is 5.73 Å². The van der Waals surface area contributed by atoms with E-state index in [0.29, 0.717) is 19.1 Å². The van der Waals surface area contributed by atoms with Crippen LogP contribution in [-0.2, 0) is 6.54 Å². The summed E-state index contributed by atoms with van der Waals surface area (Å²) in [6, 6.07) is 5.50. The Hall–Kier alpha value is -1.13. The SMILES string of the molecule is Nc1ccc(CN(CCO)C2CCCCC2)cc1F. The van der Waals surface area contributed by atoms with E-state index in [0.717, 1.165) is 5.56 Å². The highest BCUT2D eigenvalue weighted by atomic mass is 19.1. The molecule has 3 nitrogen and oxygen atoms in total. The molecular weight excluding hydrogens is 243 g/mol. The molecule has 2 rings (SSSR count). The zero-order valence-electron chi connectivity index (χ0n) is 11.3. The van der Waals surface area contributed by atoms with Gasteiger partial charge in [0.15, 0.2) is 0 Å². The highest BCUT2D eigenvalue weighted by Gasteiger charge is 2.20. The van der Waals surface area contributed by atoms with Crippen molar-refractivity contribution in [2.75, 3.05) is 18.9 Å². The largest absolute Gasteiger partial charge is 0.396 e. The van der Waals surface area contributed by atoms with Gasteiger partial charge in [-0.1, -0.05) is 25.3 Å². The monoisotopic (exact) mass is 266 g/mol. The van der Waals surface area contributed by atoms with E-state index in [2.05, 4.69) is 4.90 Å². The molecule has 0 atom stereocenters. The second kappa shape index (κ2) is 6.87. The van der Waals surface area contributed by atoms with E-state index in [1.165, 1.54) is 38.2 Å². The van der Waals surface area contributed by atoms with Crippen molar-refractivity contribution in [3.8, 4) is 0 Å². The second-order valence-electron chi connectivity index (χ2n) is 5.34. The van der Waals surface area contributed by atoms with Gasteiger partial charge in [-0.05, 0) is 30.5 Å². The van der Waals surface area contributed by atoms with Gasteiger partial charge in [0.2, 0.25) is 0 Å². The number of benzene rings is 1. The van der Waals surface area contributed by atoms with Crippen LogP contribution in [0.3, 0.4) is 0 Å². The molecule has 1 saturated carbocycles. The van der Waals surface area contributed by atoms with Gasteiger partial charge in [0.25, 0.3) is 0 Å². The third-order valence-electron chi connectivity index (χ3n) is 3.93. The average molecular weight is 266 g/mol. The zero-order valence-corrected chi connectivity index (χ0v) is 11.3. The van der Waals surface area contributed by atoms with Gasteiger partial charge in [-0.15, -0.1) is 0 Å². The van der Waals surface area contributed by atoms with Crippen LogP contribution in [0.5, 0.6) is 0 Å². The Morgan fingerprint density at radius 2 is 2.00 bits per heavy atom. The minimum atomic E-state index is -0.356. The zero-order chi connectivity index (χ0) is 13.7. The summed E-state index contributed by atoms with van der Waals surface area (Å²) in [6.45, 7) is 1.48. The number of anilines is 1. The molecule has 0 aromatic heterocycles. The molecule has 106 valence electrons. The van der Waals surface area contributed by atoms with E-state index in [-0.39, 0.29) is 18.1 Å². The fraction of sp³-hybridized carbons (Fsp3) is 0.600. The van der Waals surface area contributed by atoms with Crippen molar-refractivity contribution >= 4 is 5.69 Å². The molecule has 0 amide bonds. The van der Waals surface area contributed by atoms with Crippen LogP contribution in [-0.4, -0.2) is 29.2 Å². The first kappa shape index (κ1) is 14.3. The average Bonchev–Trinajstić information content (AvgIpc) is 2.43. The first-order valence-electron chi connectivity index (χ1n) is 7.09. The van der Waals surface area contributed by atoms with Crippen molar-refractivity contribution in [2.45, 2.75) is 44.7 Å². The summed E-state index contributed by atoms with van der Waals surface area (Å²) < 4.78 is 13.5. The predicted molar refractivity (Wildman–Crippen MR) is 75.2 cm³/mol. The van der Waals surface area contributed by atoms with E-state index < -0.39 is 0 Å². The lowest BCUT2D eigenvalue weighted by atomic mass is 9.94. The van der Waals surface area contributed by atoms with Crippen molar-refractivity contribution in [3.63, 3.8) is 0 Å². The number of aliphatic hydroxyl groups excluding tert-OH is 1. The first-order valence-corrected chi connectivity index (χ1v) is 7.09. The van der Waals surface area contributed by atoms with Gasteiger partial charge < -0.3 is 10.8 Å². The molecule has 0 unspecified atom stereocenters. The molecule has 4 heteroatoms. The summed E-state index contributed by atoms with van der Waals surface area (Å²) in [6.07, 6.45) is 6.17. The van der Waals surface area contributed by atoms with Gasteiger partial charge in [-0.2, -0.15) is 0 Å². The van der Waals surface area contributed by atoms with Gasteiger partial charge in [-0.25, -0.2) is 4.39 Å². The van der Waals surface area contributed by atoms with Gasteiger partial charge >= 0.3 is 0 Å². The third-order valence-corrected chi connectivity index (χ3v) is 3.93. The topological polar surface area (TPSA) is 49.5 Å². The number of rotatable bonds is 5. The van der Waals surface area contributed by atoms with E-state index in [9.17, 15) is 9.50 Å². The van der Waals surface area contributed by atoms with Crippen LogP contribution in [0.15, 0.2) is 18.2 Å². The van der Waals surface area contributed by atoms with Crippen LogP contribution in [0, 0.1) is 5.82 Å². The molecule has 1 aromatic rings. The number of nitrogens with two attached hydrogens (primary N) is 1. The number of hydrogen-bond acceptors (Lipinski definition) is 3. The highest BCUT2D eigenvalue weighted by molar-refractivity contribution is 5.41. The van der Waals surface area contributed by atoms with E-state index in [1.54, 1.807) is 6.07 Å². The smallest absolute Gasteiger partial charge is 0.146 e. The fourth-order valence-electron chi connectivity index (χ4n) is 2.87. The quantitative estimate of drug-likeness (QED) is 0.805. The Morgan fingerprint density at radius 1 is 1.26 bits per heavy atom. The summed E-state index contributed by atoms with van der Waals surface area (Å²) in [5, 5.41) is 9.21. The Morgan fingerprint density at radius 3 is 2.63 bits per heavy atom. The highest BCUT2D eigenvalue weighted by Crippen LogP contribution is 2.24. The molecule has 0 bridgehead atoms. The Balaban J connectivity index is 2.04. The molecule has 0 heterocycles. The van der Waals surface area contributed by atoms with Crippen molar-refractivity contribution in [1.29, 1.82) is 0 Å². The van der Waals surface area contributed by atoms with Crippen LogP contribution in [0.1, 0.15) is 37.7 Å². The number of aliphatic hydroxyl groups is 1. The molecule has 0 spiro atoms. The van der Waals surface area contributed by atoms with E-state index in [4.69, 9.17) is 5.73 Å². The molecule has 19 heavy (non-hydrogen) atoms. The standard InChI is InChI=1S/C15H23FN2O/c16-14-10-12(6-7-15(14)17)11-18(8-9-19)13-4-2-1-3-5-13/h6-7,10,13,19H,1-5,8-9,11,17H2. The number of halogens is 1. The number of nitrogen functional groups attached to an aromatic ring is 1. The maximum atomic E-state index is 13.5. The van der Waals surface area contributed by atoms with Gasteiger partial charge in [-0.3, -0.25) is 4.90 Å². The molecule has 1 aliphatic carbocycles. The fourth-order valence-corrected chi connectivity index (χ4v) is 2.87. The lowest BCUT2D eigenvalue weighted by Gasteiger charge is -2.34. The Kier molecular flexibility index (Phi) is 5.16. The lowest BCUT2D eigenvalue weighted by Crippen LogP contribution is -2.38. The van der Waals surface area contributed by atoms with Crippen LogP contribution in [0.4, 0.5) is 10.1 Å². The molecule has 1 fully saturated rings. The van der Waals surface area contributed by atoms with Crippen molar-refractivity contribution in [3.05, 3.63) is 29.6 Å². The van der Waals surface area contributed by atoms with Gasteiger partial charge in [0.1, 0.15) is 5.82 Å².